The van der Waals surface area contributed by atoms with Crippen molar-refractivity contribution in [2.24, 2.45) is 11.0 Å². The van der Waals surface area contributed by atoms with E-state index in [-0.39, 0.29) is 30.1 Å². The molecule has 3 atom stereocenters. The van der Waals surface area contributed by atoms with Gasteiger partial charge >= 0.3 is 0 Å². The lowest BCUT2D eigenvalue weighted by Crippen LogP contribution is -2.67. The Morgan fingerprint density at radius 1 is 0.895 bits per heavy atom. The molecular formula is C30H44N6O2. The zero-order valence-corrected chi connectivity index (χ0v) is 22.8. The molecule has 3 saturated heterocycles. The third kappa shape index (κ3) is 5.29. The van der Waals surface area contributed by atoms with E-state index in [0.29, 0.717) is 25.4 Å². The summed E-state index contributed by atoms with van der Waals surface area (Å²) in [6, 6.07) is 11.2. The van der Waals surface area contributed by atoms with Gasteiger partial charge in [0.1, 0.15) is 5.84 Å². The van der Waals surface area contributed by atoms with E-state index in [9.17, 15) is 9.59 Å². The Balaban J connectivity index is 1.06. The minimum absolute atomic E-state index is 0.0328. The first kappa shape index (κ1) is 25.7. The zero-order chi connectivity index (χ0) is 25.9. The largest absolute Gasteiger partial charge is 0.343 e. The van der Waals surface area contributed by atoms with Crippen LogP contribution < -0.4 is 5.43 Å². The lowest BCUT2D eigenvalue weighted by Gasteiger charge is -2.50. The van der Waals surface area contributed by atoms with Gasteiger partial charge in [0.15, 0.2) is 6.29 Å². The number of hydrogen-bond acceptors (Lipinski definition) is 6. The van der Waals surface area contributed by atoms with Crippen molar-refractivity contribution in [3.05, 3.63) is 35.9 Å². The van der Waals surface area contributed by atoms with E-state index in [1.54, 1.807) is 0 Å². The van der Waals surface area contributed by atoms with Crippen LogP contribution in [0.4, 0.5) is 0 Å². The van der Waals surface area contributed by atoms with Crippen molar-refractivity contribution < 1.29 is 9.59 Å². The van der Waals surface area contributed by atoms with Crippen molar-refractivity contribution >= 4 is 17.6 Å². The maximum absolute atomic E-state index is 13.6. The summed E-state index contributed by atoms with van der Waals surface area (Å²) in [6.45, 7) is 4.89. The van der Waals surface area contributed by atoms with Gasteiger partial charge in [-0.1, -0.05) is 49.6 Å². The summed E-state index contributed by atoms with van der Waals surface area (Å²) in [7, 11) is 0. The number of nitrogens with one attached hydrogen (secondary N) is 1. The Morgan fingerprint density at radius 3 is 2.45 bits per heavy atom. The molecule has 0 radical (unpaired) electrons. The predicted octanol–water partition coefficient (Wildman–Crippen LogP) is 3.39. The second kappa shape index (κ2) is 11.6. The number of nitrogens with zero attached hydrogens (tertiary/aromatic N) is 5. The molecule has 38 heavy (non-hydrogen) atoms. The average molecular weight is 521 g/mol. The molecule has 8 nitrogen and oxygen atoms in total. The van der Waals surface area contributed by atoms with Gasteiger partial charge in [0.25, 0.3) is 0 Å². The van der Waals surface area contributed by atoms with Crippen LogP contribution in [0.5, 0.6) is 0 Å². The topological polar surface area (TPSA) is 71.5 Å². The molecule has 206 valence electrons. The first-order chi connectivity index (χ1) is 18.7. The van der Waals surface area contributed by atoms with Crippen LogP contribution in [0, 0.1) is 5.92 Å². The SMILES string of the molecule is O=C(CCC1=NNC2N(CCc3ccccc3)C(=O)C3CCCCC3N12)N1CCC(N2CCCCC2)CC1. The molecule has 0 aromatic heterocycles. The van der Waals surface area contributed by atoms with Gasteiger partial charge in [0.2, 0.25) is 11.8 Å². The number of piperidine rings is 2. The van der Waals surface area contributed by atoms with Crippen LogP contribution in [0.3, 0.4) is 0 Å². The quantitative estimate of drug-likeness (QED) is 0.597. The Labute approximate surface area is 227 Å². The van der Waals surface area contributed by atoms with Crippen LogP contribution in [-0.4, -0.2) is 88.3 Å². The highest BCUT2D eigenvalue weighted by Gasteiger charge is 2.50. The normalized spacial score (nSPS) is 28.5. The molecule has 4 heterocycles. The number of amides is 2. The summed E-state index contributed by atoms with van der Waals surface area (Å²) in [5.74, 6) is 1.51. The average Bonchev–Trinajstić information content (AvgIpc) is 3.41. The summed E-state index contributed by atoms with van der Waals surface area (Å²) in [4.78, 5) is 35.9. The van der Waals surface area contributed by atoms with Crippen LogP contribution in [0.25, 0.3) is 0 Å². The van der Waals surface area contributed by atoms with E-state index < -0.39 is 0 Å². The van der Waals surface area contributed by atoms with Crippen LogP contribution in [0.1, 0.15) is 76.2 Å². The summed E-state index contributed by atoms with van der Waals surface area (Å²) >= 11 is 0. The van der Waals surface area contributed by atoms with Crippen LogP contribution in [0.15, 0.2) is 35.4 Å². The molecule has 6 rings (SSSR count). The van der Waals surface area contributed by atoms with Crippen molar-refractivity contribution in [1.82, 2.24) is 25.0 Å². The Kier molecular flexibility index (Phi) is 7.86. The van der Waals surface area contributed by atoms with Crippen molar-refractivity contribution in [2.75, 3.05) is 32.7 Å². The number of rotatable bonds is 7. The van der Waals surface area contributed by atoms with E-state index in [2.05, 4.69) is 44.4 Å². The molecule has 8 heteroatoms. The standard InChI is InChI=1S/C30H44N6O2/c37-28(34-20-16-24(17-21-34)33-18-7-2-8-19-33)14-13-27-31-32-30-35(22-15-23-9-3-1-4-10-23)29(38)25-11-5-6-12-26(25)36(27)30/h1,3-4,9-10,24-26,30,32H,2,5-8,11-22H2. The number of carbonyl (C=O) groups is 2. The third-order valence-electron chi connectivity index (χ3n) is 9.62. The van der Waals surface area contributed by atoms with Crippen molar-refractivity contribution in [1.29, 1.82) is 0 Å². The number of hydrazone groups is 1. The summed E-state index contributed by atoms with van der Waals surface area (Å²) < 4.78 is 0. The minimum Gasteiger partial charge on any atom is -0.343 e. The molecule has 4 fully saturated rings. The van der Waals surface area contributed by atoms with Crippen LogP contribution in [0.2, 0.25) is 0 Å². The van der Waals surface area contributed by atoms with E-state index >= 15 is 0 Å². The van der Waals surface area contributed by atoms with E-state index in [4.69, 9.17) is 5.10 Å². The molecule has 0 bridgehead atoms. The van der Waals surface area contributed by atoms with Gasteiger partial charge in [-0.25, -0.2) is 0 Å². The van der Waals surface area contributed by atoms with E-state index in [1.165, 1.54) is 37.9 Å². The number of amidine groups is 1. The van der Waals surface area contributed by atoms with Gasteiger partial charge in [-0.05, 0) is 63.6 Å². The number of benzene rings is 1. The fourth-order valence-electron chi connectivity index (χ4n) is 7.50. The summed E-state index contributed by atoms with van der Waals surface area (Å²) in [5.41, 5.74) is 4.53. The Hall–Kier alpha value is -2.61. The fraction of sp³-hybridized carbons (Fsp3) is 0.700. The molecule has 2 amide bonds. The lowest BCUT2D eigenvalue weighted by atomic mass is 9.80. The summed E-state index contributed by atoms with van der Waals surface area (Å²) in [5, 5.41) is 4.72. The molecule has 5 aliphatic rings. The molecule has 1 aromatic rings. The van der Waals surface area contributed by atoms with Gasteiger partial charge < -0.3 is 19.6 Å². The minimum atomic E-state index is -0.226. The van der Waals surface area contributed by atoms with Crippen LogP contribution >= 0.6 is 0 Å². The highest BCUT2D eigenvalue weighted by Crippen LogP contribution is 2.38. The Morgan fingerprint density at radius 2 is 1.66 bits per heavy atom. The Bertz CT molecular complexity index is 1000. The van der Waals surface area contributed by atoms with Crippen molar-refractivity contribution in [3.8, 4) is 0 Å². The third-order valence-corrected chi connectivity index (χ3v) is 9.62. The number of carbonyl (C=O) groups excluding carboxylic acids is 2. The monoisotopic (exact) mass is 520 g/mol. The molecule has 1 N–H and O–H groups in total. The number of hydrogen-bond donors (Lipinski definition) is 1. The molecule has 3 unspecified atom stereocenters. The second-order valence-corrected chi connectivity index (χ2v) is 11.9. The first-order valence-corrected chi connectivity index (χ1v) is 15.2. The predicted molar refractivity (Wildman–Crippen MR) is 148 cm³/mol. The van der Waals surface area contributed by atoms with Crippen molar-refractivity contribution in [2.45, 2.75) is 95.4 Å². The van der Waals surface area contributed by atoms with E-state index in [0.717, 1.165) is 63.9 Å². The highest BCUT2D eigenvalue weighted by atomic mass is 16.2. The first-order valence-electron chi connectivity index (χ1n) is 15.2. The van der Waals surface area contributed by atoms with Gasteiger partial charge in [-0.15, -0.1) is 0 Å². The van der Waals surface area contributed by atoms with Gasteiger partial charge in [-0.3, -0.25) is 15.0 Å². The molecule has 1 aliphatic carbocycles. The molecular weight excluding hydrogens is 476 g/mol. The molecule has 1 saturated carbocycles. The van der Waals surface area contributed by atoms with Gasteiger partial charge in [-0.2, -0.15) is 5.10 Å². The highest BCUT2D eigenvalue weighted by molar-refractivity contribution is 5.91. The maximum atomic E-state index is 13.6. The molecule has 1 aromatic carbocycles. The van der Waals surface area contributed by atoms with Gasteiger partial charge in [0.05, 0.1) is 5.92 Å². The lowest BCUT2D eigenvalue weighted by molar-refractivity contribution is -0.155. The second-order valence-electron chi connectivity index (χ2n) is 11.9. The molecule has 0 spiro atoms. The van der Waals surface area contributed by atoms with E-state index in [1.807, 2.05) is 11.0 Å². The smallest absolute Gasteiger partial charge is 0.230 e. The molecule has 4 aliphatic heterocycles. The van der Waals surface area contributed by atoms with Crippen LogP contribution in [-0.2, 0) is 16.0 Å². The van der Waals surface area contributed by atoms with Gasteiger partial charge in [0, 0.05) is 44.6 Å². The number of likely N-dealkylation sites (tertiary alicyclic amines) is 2. The summed E-state index contributed by atoms with van der Waals surface area (Å²) in [6.07, 6.45) is 12.2. The fourth-order valence-corrected chi connectivity index (χ4v) is 7.50. The van der Waals surface area contributed by atoms with Crippen molar-refractivity contribution in [3.63, 3.8) is 0 Å². The maximum Gasteiger partial charge on any atom is 0.230 e. The zero-order valence-electron chi connectivity index (χ0n) is 22.8. The number of fused-ring (bicyclic) bond motifs is 3.